The van der Waals surface area contributed by atoms with Crippen LogP contribution in [-0.2, 0) is 20.7 Å². The van der Waals surface area contributed by atoms with Crippen LogP contribution in [0.25, 0.3) is 5.65 Å². The summed E-state index contributed by atoms with van der Waals surface area (Å²) in [6.45, 7) is 14.5. The highest BCUT2D eigenvalue weighted by Gasteiger charge is 2.37. The summed E-state index contributed by atoms with van der Waals surface area (Å²) in [5.74, 6) is -1.24. The molecule has 0 aliphatic carbocycles. The predicted molar refractivity (Wildman–Crippen MR) is 173 cm³/mol. The summed E-state index contributed by atoms with van der Waals surface area (Å²) in [6.07, 6.45) is 4.57. The Hall–Kier alpha value is -3.57. The first-order valence-corrected chi connectivity index (χ1v) is 15.7. The number of aromatic nitrogens is 3. The molecule has 0 spiro atoms. The smallest absolute Gasteiger partial charge is 0.337 e. The molecule has 3 aromatic rings. The zero-order valence-electron chi connectivity index (χ0n) is 26.2. The summed E-state index contributed by atoms with van der Waals surface area (Å²) >= 11 is 3.45. The summed E-state index contributed by atoms with van der Waals surface area (Å²) in [4.78, 5) is 45.3. The Labute approximate surface area is 267 Å². The lowest BCUT2D eigenvalue weighted by Crippen LogP contribution is -2.41. The second-order valence-corrected chi connectivity index (χ2v) is 13.7. The van der Waals surface area contributed by atoms with Crippen molar-refractivity contribution in [1.82, 2.24) is 19.9 Å². The Balaban J connectivity index is 1.68. The number of carbonyl (C=O) groups is 3. The molecule has 2 N–H and O–H groups in total. The molecule has 236 valence electrons. The number of nitrogens with one attached hydrogen (secondary N) is 1. The number of aryl methyl sites for hydroxylation is 1. The van der Waals surface area contributed by atoms with E-state index in [1.54, 1.807) is 17.5 Å². The summed E-state index contributed by atoms with van der Waals surface area (Å²) in [5, 5.41) is 17.6. The van der Waals surface area contributed by atoms with Crippen LogP contribution in [0.4, 0.5) is 5.82 Å². The Morgan fingerprint density at radius 3 is 2.52 bits per heavy atom. The van der Waals surface area contributed by atoms with Crippen LogP contribution < -0.4 is 10.2 Å². The Bertz CT molecular complexity index is 1550. The molecule has 0 radical (unpaired) electrons. The molecule has 1 unspecified atom stereocenters. The highest BCUT2D eigenvalue weighted by atomic mass is 79.9. The monoisotopic (exact) mass is 667 g/mol. The van der Waals surface area contributed by atoms with Crippen LogP contribution in [0.1, 0.15) is 86.8 Å². The van der Waals surface area contributed by atoms with Crippen molar-refractivity contribution in [2.24, 2.45) is 5.41 Å². The van der Waals surface area contributed by atoms with E-state index in [-0.39, 0.29) is 29.9 Å². The van der Waals surface area contributed by atoms with Gasteiger partial charge in [0.2, 0.25) is 0 Å². The number of nitrogens with zero attached hydrogens (tertiary/aromatic N) is 4. The molecule has 1 amide bonds. The summed E-state index contributed by atoms with van der Waals surface area (Å²) < 4.78 is 8.46. The van der Waals surface area contributed by atoms with E-state index in [1.807, 2.05) is 51.1 Å². The van der Waals surface area contributed by atoms with Crippen LogP contribution in [0, 0.1) is 12.3 Å². The van der Waals surface area contributed by atoms with Crippen molar-refractivity contribution in [3.05, 3.63) is 70.0 Å². The van der Waals surface area contributed by atoms with Gasteiger partial charge in [-0.3, -0.25) is 9.59 Å². The van der Waals surface area contributed by atoms with Crippen LogP contribution >= 0.6 is 15.9 Å². The number of benzene rings is 1. The fraction of sp³-hybridized carbons (Fsp3) is 0.485. The van der Waals surface area contributed by atoms with Gasteiger partial charge in [0.15, 0.2) is 23.2 Å². The van der Waals surface area contributed by atoms with Gasteiger partial charge in [0.05, 0.1) is 17.7 Å². The standard InChI is InChI=1S/C33H42BrN5O5/c1-7-8-13-33(6)14-16-38(17-15-33)30-27(28(31(42)43)44-32(3,4)5)21(2)36-26-19-25(37-39(26)30)29(41)35-20-23(40)18-22-11-9-10-12-24(22)34/h7,9-12,19,28H,1,8,13-18,20H2,2-6H3,(H,35,41)(H,42,43). The molecule has 2 aromatic heterocycles. The number of anilines is 1. The number of ether oxygens (including phenoxy) is 1. The fourth-order valence-corrected chi connectivity index (χ4v) is 5.99. The number of Topliss-reactive ketones (excluding diaryl/α,β-unsaturated/α-hetero) is 1. The normalized spacial score (nSPS) is 15.6. The lowest BCUT2D eigenvalue weighted by Gasteiger charge is -2.41. The Morgan fingerprint density at radius 2 is 1.91 bits per heavy atom. The third-order valence-corrected chi connectivity index (χ3v) is 8.78. The number of hydrogen-bond donors (Lipinski definition) is 2. The number of hydrogen-bond acceptors (Lipinski definition) is 7. The molecule has 10 nitrogen and oxygen atoms in total. The maximum absolute atomic E-state index is 13.2. The molecule has 11 heteroatoms. The number of rotatable bonds is 12. The molecule has 4 rings (SSSR count). The second kappa shape index (κ2) is 13.6. The van der Waals surface area contributed by atoms with Crippen LogP contribution in [0.5, 0.6) is 0 Å². The predicted octanol–water partition coefficient (Wildman–Crippen LogP) is 5.86. The number of carboxylic acid groups (broad SMARTS) is 1. The van der Waals surface area contributed by atoms with E-state index in [9.17, 15) is 19.5 Å². The van der Waals surface area contributed by atoms with E-state index >= 15 is 0 Å². The van der Waals surface area contributed by atoms with Crippen molar-refractivity contribution in [1.29, 1.82) is 0 Å². The molecule has 1 aromatic carbocycles. The van der Waals surface area contributed by atoms with Crippen molar-refractivity contribution in [3.8, 4) is 0 Å². The largest absolute Gasteiger partial charge is 0.479 e. The van der Waals surface area contributed by atoms with Gasteiger partial charge >= 0.3 is 5.97 Å². The van der Waals surface area contributed by atoms with Crippen LogP contribution in [0.15, 0.2) is 47.5 Å². The summed E-state index contributed by atoms with van der Waals surface area (Å²) in [6, 6.07) is 9.01. The van der Waals surface area contributed by atoms with Gasteiger partial charge in [-0.2, -0.15) is 9.61 Å². The minimum atomic E-state index is -1.30. The lowest BCUT2D eigenvalue weighted by molar-refractivity contribution is -0.160. The molecule has 1 aliphatic rings. The van der Waals surface area contributed by atoms with Gasteiger partial charge in [-0.25, -0.2) is 9.78 Å². The maximum atomic E-state index is 13.2. The molecule has 1 aliphatic heterocycles. The van der Waals surface area contributed by atoms with E-state index in [0.717, 1.165) is 35.7 Å². The molecule has 0 bridgehead atoms. The van der Waals surface area contributed by atoms with Crippen molar-refractivity contribution >= 4 is 45.1 Å². The minimum absolute atomic E-state index is 0.0837. The van der Waals surface area contributed by atoms with Crippen molar-refractivity contribution in [2.45, 2.75) is 78.4 Å². The molecule has 0 saturated carbocycles. The van der Waals surface area contributed by atoms with E-state index in [0.29, 0.717) is 35.8 Å². The number of aliphatic carboxylic acids is 1. The average molecular weight is 669 g/mol. The molecule has 1 fully saturated rings. The number of halogens is 1. The van der Waals surface area contributed by atoms with Crippen molar-refractivity contribution in [3.63, 3.8) is 0 Å². The number of carbonyl (C=O) groups excluding carboxylic acids is 2. The van der Waals surface area contributed by atoms with Gasteiger partial charge in [0, 0.05) is 35.7 Å². The average Bonchev–Trinajstić information content (AvgIpc) is 3.38. The van der Waals surface area contributed by atoms with E-state index < -0.39 is 23.6 Å². The number of amides is 1. The SMILES string of the molecule is C=CCCC1(C)CCN(c2c(C(OC(C)(C)C)C(=O)O)c(C)nc3cc(C(=O)NCC(=O)Cc4ccccc4Br)nn23)CC1. The number of allylic oxidation sites excluding steroid dienone is 1. The third kappa shape index (κ3) is 7.92. The maximum Gasteiger partial charge on any atom is 0.337 e. The molecule has 3 heterocycles. The van der Waals surface area contributed by atoms with E-state index in [2.05, 4.69) is 49.7 Å². The van der Waals surface area contributed by atoms with Crippen molar-refractivity contribution < 1.29 is 24.2 Å². The zero-order chi connectivity index (χ0) is 32.2. The first-order valence-electron chi connectivity index (χ1n) is 14.9. The Morgan fingerprint density at radius 1 is 1.23 bits per heavy atom. The quantitative estimate of drug-likeness (QED) is 0.230. The number of fused-ring (bicyclic) bond motifs is 1. The van der Waals surface area contributed by atoms with Gasteiger partial charge in [0.25, 0.3) is 5.91 Å². The summed E-state index contributed by atoms with van der Waals surface area (Å²) in [7, 11) is 0. The van der Waals surface area contributed by atoms with Gasteiger partial charge in [-0.1, -0.05) is 47.1 Å². The van der Waals surface area contributed by atoms with Gasteiger partial charge in [0.1, 0.15) is 5.82 Å². The van der Waals surface area contributed by atoms with E-state index in [4.69, 9.17) is 4.74 Å². The molecular formula is C33H42BrN5O5. The number of carboxylic acids is 1. The van der Waals surface area contributed by atoms with Crippen LogP contribution in [-0.4, -0.2) is 62.6 Å². The fourth-order valence-electron chi connectivity index (χ4n) is 5.57. The first-order chi connectivity index (χ1) is 20.7. The highest BCUT2D eigenvalue weighted by Crippen LogP contribution is 2.40. The lowest BCUT2D eigenvalue weighted by atomic mass is 9.76. The third-order valence-electron chi connectivity index (χ3n) is 8.01. The molecule has 1 saturated heterocycles. The highest BCUT2D eigenvalue weighted by molar-refractivity contribution is 9.10. The van der Waals surface area contributed by atoms with Gasteiger partial charge in [-0.15, -0.1) is 6.58 Å². The van der Waals surface area contributed by atoms with Gasteiger partial charge in [-0.05, 0) is 70.4 Å². The summed E-state index contributed by atoms with van der Waals surface area (Å²) in [5.41, 5.74) is 1.62. The molecular weight excluding hydrogens is 626 g/mol. The topological polar surface area (TPSA) is 126 Å². The van der Waals surface area contributed by atoms with E-state index in [1.165, 1.54) is 0 Å². The Kier molecular flexibility index (Phi) is 10.3. The van der Waals surface area contributed by atoms with Crippen LogP contribution in [0.2, 0.25) is 0 Å². The number of ketones is 1. The minimum Gasteiger partial charge on any atom is -0.479 e. The number of piperidine rings is 1. The van der Waals surface area contributed by atoms with Crippen molar-refractivity contribution in [2.75, 3.05) is 24.5 Å². The zero-order valence-corrected chi connectivity index (χ0v) is 27.7. The molecule has 1 atom stereocenters. The first kappa shape index (κ1) is 33.3. The van der Waals surface area contributed by atoms with Crippen LogP contribution in [0.3, 0.4) is 0 Å². The second-order valence-electron chi connectivity index (χ2n) is 12.8. The molecule has 44 heavy (non-hydrogen) atoms. The van der Waals surface area contributed by atoms with Gasteiger partial charge < -0.3 is 20.1 Å².